The fourth-order valence-corrected chi connectivity index (χ4v) is 4.21. The highest BCUT2D eigenvalue weighted by molar-refractivity contribution is 5.84. The van der Waals surface area contributed by atoms with Crippen LogP contribution in [0.25, 0.3) is 22.4 Å². The van der Waals surface area contributed by atoms with E-state index in [0.717, 1.165) is 28.1 Å². The highest BCUT2D eigenvalue weighted by atomic mass is 16.5. The summed E-state index contributed by atoms with van der Waals surface area (Å²) in [7, 11) is 3.27. The number of rotatable bonds is 8. The smallest absolute Gasteiger partial charge is 0.226 e. The van der Waals surface area contributed by atoms with Crippen molar-refractivity contribution in [3.63, 3.8) is 0 Å². The lowest BCUT2D eigenvalue weighted by Crippen LogP contribution is -2.49. The van der Waals surface area contributed by atoms with Crippen molar-refractivity contribution in [2.24, 2.45) is 0 Å². The van der Waals surface area contributed by atoms with Crippen molar-refractivity contribution in [1.82, 2.24) is 14.9 Å². The van der Waals surface area contributed by atoms with Gasteiger partial charge in [0.2, 0.25) is 11.9 Å². The van der Waals surface area contributed by atoms with Crippen LogP contribution in [0.15, 0.2) is 48.7 Å². The number of hydrogen-bond acceptors (Lipinski definition) is 7. The SMILES string of the molecule is CCOc1ccc(-c2cnc(N3CCN(C(=O)CC)CC3)nc2-c2ccc(OC)cc2OC)cc1. The van der Waals surface area contributed by atoms with Crippen LogP contribution >= 0.6 is 0 Å². The zero-order valence-electron chi connectivity index (χ0n) is 20.8. The number of anilines is 1. The third-order valence-corrected chi connectivity index (χ3v) is 6.13. The van der Waals surface area contributed by atoms with Gasteiger partial charge < -0.3 is 24.0 Å². The first-order valence-corrected chi connectivity index (χ1v) is 11.9. The van der Waals surface area contributed by atoms with E-state index in [9.17, 15) is 4.79 Å². The fourth-order valence-electron chi connectivity index (χ4n) is 4.21. The van der Waals surface area contributed by atoms with Gasteiger partial charge in [0, 0.05) is 56.0 Å². The standard InChI is InChI=1S/C27H32N4O4/c1-5-25(32)30-13-15-31(16-14-30)27-28-18-23(19-7-9-20(10-8-19)35-6-2)26(29-27)22-12-11-21(33-3)17-24(22)34-4/h7-12,17-18H,5-6,13-16H2,1-4H3. The molecule has 0 atom stereocenters. The molecule has 0 N–H and O–H groups in total. The van der Waals surface area contributed by atoms with Gasteiger partial charge >= 0.3 is 0 Å². The van der Waals surface area contributed by atoms with E-state index in [2.05, 4.69) is 4.90 Å². The van der Waals surface area contributed by atoms with Gasteiger partial charge in [-0.1, -0.05) is 19.1 Å². The van der Waals surface area contributed by atoms with E-state index in [1.54, 1.807) is 14.2 Å². The van der Waals surface area contributed by atoms with Crippen LogP contribution in [0.2, 0.25) is 0 Å². The maximum Gasteiger partial charge on any atom is 0.226 e. The number of carbonyl (C=O) groups is 1. The summed E-state index contributed by atoms with van der Waals surface area (Å²) in [6.07, 6.45) is 2.38. The number of ether oxygens (including phenoxy) is 3. The number of methoxy groups -OCH3 is 2. The average molecular weight is 477 g/mol. The molecular formula is C27H32N4O4. The minimum absolute atomic E-state index is 0.181. The Bertz CT molecular complexity index is 1160. The van der Waals surface area contributed by atoms with Crippen molar-refractivity contribution < 1.29 is 19.0 Å². The highest BCUT2D eigenvalue weighted by Crippen LogP contribution is 2.38. The predicted octanol–water partition coefficient (Wildman–Crippen LogP) is 4.29. The molecule has 0 radical (unpaired) electrons. The first-order chi connectivity index (χ1) is 17.1. The van der Waals surface area contributed by atoms with Crippen LogP contribution in [-0.4, -0.2) is 67.8 Å². The molecule has 3 aromatic rings. The van der Waals surface area contributed by atoms with Crippen LogP contribution in [0.1, 0.15) is 20.3 Å². The predicted molar refractivity (Wildman–Crippen MR) is 136 cm³/mol. The number of hydrogen-bond donors (Lipinski definition) is 0. The maximum atomic E-state index is 12.1. The molecule has 2 aromatic carbocycles. The molecule has 2 heterocycles. The van der Waals surface area contributed by atoms with E-state index in [4.69, 9.17) is 24.2 Å². The van der Waals surface area contributed by atoms with Gasteiger partial charge in [-0.3, -0.25) is 4.79 Å². The van der Waals surface area contributed by atoms with E-state index >= 15 is 0 Å². The Morgan fingerprint density at radius 1 is 0.914 bits per heavy atom. The third-order valence-electron chi connectivity index (χ3n) is 6.13. The number of benzene rings is 2. The quantitative estimate of drug-likeness (QED) is 0.480. The first-order valence-electron chi connectivity index (χ1n) is 11.9. The van der Waals surface area contributed by atoms with Crippen LogP contribution in [0.3, 0.4) is 0 Å². The Morgan fingerprint density at radius 3 is 2.26 bits per heavy atom. The molecule has 8 heteroatoms. The zero-order chi connectivity index (χ0) is 24.8. The van der Waals surface area contributed by atoms with Crippen LogP contribution in [0.5, 0.6) is 17.2 Å². The number of aromatic nitrogens is 2. The topological polar surface area (TPSA) is 77.0 Å². The molecule has 35 heavy (non-hydrogen) atoms. The number of amides is 1. The zero-order valence-corrected chi connectivity index (χ0v) is 20.8. The summed E-state index contributed by atoms with van der Waals surface area (Å²) in [6, 6.07) is 13.6. The second-order valence-electron chi connectivity index (χ2n) is 8.18. The lowest BCUT2D eigenvalue weighted by Gasteiger charge is -2.34. The summed E-state index contributed by atoms with van der Waals surface area (Å²) >= 11 is 0. The molecule has 0 unspecified atom stereocenters. The molecule has 0 saturated carbocycles. The summed E-state index contributed by atoms with van der Waals surface area (Å²) in [5, 5.41) is 0. The molecule has 1 aliphatic heterocycles. The molecule has 1 fully saturated rings. The fraction of sp³-hybridized carbons (Fsp3) is 0.370. The minimum atomic E-state index is 0.181. The molecular weight excluding hydrogens is 444 g/mol. The van der Waals surface area contributed by atoms with E-state index in [-0.39, 0.29) is 5.91 Å². The monoisotopic (exact) mass is 476 g/mol. The highest BCUT2D eigenvalue weighted by Gasteiger charge is 2.24. The minimum Gasteiger partial charge on any atom is -0.497 e. The molecule has 184 valence electrons. The van der Waals surface area contributed by atoms with Gasteiger partial charge in [-0.2, -0.15) is 0 Å². The molecule has 4 rings (SSSR count). The van der Waals surface area contributed by atoms with Crippen molar-refractivity contribution in [2.45, 2.75) is 20.3 Å². The lowest BCUT2D eigenvalue weighted by atomic mass is 10.00. The van der Waals surface area contributed by atoms with Crippen LogP contribution in [0, 0.1) is 0 Å². The van der Waals surface area contributed by atoms with Gasteiger partial charge in [0.05, 0.1) is 26.5 Å². The van der Waals surface area contributed by atoms with Gasteiger partial charge in [-0.05, 0) is 36.8 Å². The summed E-state index contributed by atoms with van der Waals surface area (Å²) < 4.78 is 16.7. The Balaban J connectivity index is 1.74. The molecule has 1 amide bonds. The molecule has 1 aromatic heterocycles. The number of carbonyl (C=O) groups excluding carboxylic acids is 1. The summed E-state index contributed by atoms with van der Waals surface area (Å²) in [5.74, 6) is 3.01. The molecule has 0 bridgehead atoms. The van der Waals surface area contributed by atoms with Gasteiger partial charge in [-0.25, -0.2) is 9.97 Å². The lowest BCUT2D eigenvalue weighted by molar-refractivity contribution is -0.131. The van der Waals surface area contributed by atoms with Crippen molar-refractivity contribution in [3.05, 3.63) is 48.7 Å². The number of nitrogens with zero attached hydrogens (tertiary/aromatic N) is 4. The van der Waals surface area contributed by atoms with Crippen molar-refractivity contribution in [2.75, 3.05) is 51.9 Å². The summed E-state index contributed by atoms with van der Waals surface area (Å²) in [4.78, 5) is 25.8. The number of piperazine rings is 1. The van der Waals surface area contributed by atoms with Crippen molar-refractivity contribution in [3.8, 4) is 39.6 Å². The summed E-state index contributed by atoms with van der Waals surface area (Å²) in [6.45, 7) is 7.18. The van der Waals surface area contributed by atoms with E-state index in [1.807, 2.05) is 67.4 Å². The van der Waals surface area contributed by atoms with Crippen LogP contribution < -0.4 is 19.1 Å². The van der Waals surface area contributed by atoms with Gasteiger partial charge in [0.25, 0.3) is 0 Å². The van der Waals surface area contributed by atoms with Crippen LogP contribution in [-0.2, 0) is 4.79 Å². The van der Waals surface area contributed by atoms with Crippen LogP contribution in [0.4, 0.5) is 5.95 Å². The Hall–Kier alpha value is -3.81. The van der Waals surface area contributed by atoms with Gasteiger partial charge in [-0.15, -0.1) is 0 Å². The van der Waals surface area contributed by atoms with Gasteiger partial charge in [0.15, 0.2) is 0 Å². The Morgan fingerprint density at radius 2 is 1.63 bits per heavy atom. The first kappa shape index (κ1) is 24.3. The second-order valence-corrected chi connectivity index (χ2v) is 8.18. The molecule has 0 aliphatic carbocycles. The Labute approximate surface area is 206 Å². The average Bonchev–Trinajstić information content (AvgIpc) is 2.92. The van der Waals surface area contributed by atoms with Crippen molar-refractivity contribution >= 4 is 11.9 Å². The van der Waals surface area contributed by atoms with Crippen molar-refractivity contribution in [1.29, 1.82) is 0 Å². The largest absolute Gasteiger partial charge is 0.497 e. The molecule has 8 nitrogen and oxygen atoms in total. The molecule has 0 spiro atoms. The normalized spacial score (nSPS) is 13.5. The third kappa shape index (κ3) is 5.31. The van der Waals surface area contributed by atoms with Gasteiger partial charge in [0.1, 0.15) is 17.2 Å². The molecule has 1 aliphatic rings. The van der Waals surface area contributed by atoms with E-state index < -0.39 is 0 Å². The second kappa shape index (κ2) is 11.1. The molecule has 1 saturated heterocycles. The van der Waals surface area contributed by atoms with E-state index in [0.29, 0.717) is 56.7 Å². The van der Waals surface area contributed by atoms with E-state index in [1.165, 1.54) is 0 Å². The Kier molecular flexibility index (Phi) is 7.70. The summed E-state index contributed by atoms with van der Waals surface area (Å²) in [5.41, 5.74) is 3.48. The maximum absolute atomic E-state index is 12.1.